The monoisotopic (exact) mass is 640 g/mol. The summed E-state index contributed by atoms with van der Waals surface area (Å²) in [5.74, 6) is -2.96. The highest BCUT2D eigenvalue weighted by Crippen LogP contribution is 2.65. The van der Waals surface area contributed by atoms with Crippen molar-refractivity contribution in [1.82, 2.24) is 20.9 Å². The van der Waals surface area contributed by atoms with Gasteiger partial charge in [-0.3, -0.25) is 19.2 Å². The van der Waals surface area contributed by atoms with Crippen LogP contribution in [0.5, 0.6) is 0 Å². The van der Waals surface area contributed by atoms with Gasteiger partial charge in [0.2, 0.25) is 17.6 Å². The maximum atomic E-state index is 14.2. The van der Waals surface area contributed by atoms with Crippen LogP contribution in [-0.4, -0.2) is 76.2 Å². The van der Waals surface area contributed by atoms with Crippen LogP contribution in [0.3, 0.4) is 0 Å². The summed E-state index contributed by atoms with van der Waals surface area (Å²) in [7, 11) is 0. The predicted molar refractivity (Wildman–Crippen MR) is 163 cm³/mol. The highest BCUT2D eigenvalue weighted by Gasteiger charge is 2.74. The Morgan fingerprint density at radius 1 is 1.07 bits per heavy atom. The number of piperidine rings is 1. The largest absolute Gasteiger partial charge is 0.446 e. The zero-order chi connectivity index (χ0) is 31.3. The second-order valence-electron chi connectivity index (χ2n) is 12.8. The Labute approximate surface area is 264 Å². The Balaban J connectivity index is 1.50. The van der Waals surface area contributed by atoms with E-state index in [1.807, 2.05) is 6.92 Å². The summed E-state index contributed by atoms with van der Waals surface area (Å²) in [6.45, 7) is 7.99. The van der Waals surface area contributed by atoms with E-state index in [2.05, 4.69) is 29.5 Å². The molecule has 1 heterocycles. The third kappa shape index (κ3) is 7.85. The molecule has 0 aromatic carbocycles. The maximum Gasteiger partial charge on any atom is 0.408 e. The molecular formula is C31H46Cl2N4O6. The van der Waals surface area contributed by atoms with Crippen LogP contribution in [-0.2, 0) is 23.9 Å². The van der Waals surface area contributed by atoms with Crippen molar-refractivity contribution in [3.05, 3.63) is 12.7 Å². The first-order valence-corrected chi connectivity index (χ1v) is 16.6. The molecule has 4 unspecified atom stereocenters. The van der Waals surface area contributed by atoms with Gasteiger partial charge >= 0.3 is 6.09 Å². The van der Waals surface area contributed by atoms with Crippen molar-refractivity contribution in [2.45, 2.75) is 113 Å². The average molecular weight is 642 g/mol. The average Bonchev–Trinajstić information content (AvgIpc) is 3.32. The van der Waals surface area contributed by atoms with Crippen LogP contribution in [0.25, 0.3) is 0 Å². The molecular weight excluding hydrogens is 595 g/mol. The molecule has 0 bridgehead atoms. The zero-order valence-electron chi connectivity index (χ0n) is 25.2. The second-order valence-corrected chi connectivity index (χ2v) is 14.2. The zero-order valence-corrected chi connectivity index (χ0v) is 26.8. The Kier molecular flexibility index (Phi) is 11.4. The number of alkyl halides is 2. The number of halogens is 2. The number of likely N-dealkylation sites (tertiary alicyclic amines) is 1. The van der Waals surface area contributed by atoms with E-state index in [0.29, 0.717) is 18.8 Å². The standard InChI is InChI=1S/C31H46Cl2N4O6/c1-4-6-15-34-28(40)26(38)22(10-5-2)35-27(39)25-23-21(31(23,32)33)17-37(25)29(41)24(19-11-8-7-9-12-19)36-30(42)43-20-14-13-18(3)16-20/h4,18-25H,1,5-17H2,2-3H3,(H,34,40)(H,35,39)(H,36,42)/t18?,20?,21-,22?,23-,24?,25-/m0/s1. The third-order valence-electron chi connectivity index (χ3n) is 9.53. The lowest BCUT2D eigenvalue weighted by molar-refractivity contribution is -0.144. The number of ketones is 1. The molecule has 0 aromatic rings. The van der Waals surface area contributed by atoms with Crippen molar-refractivity contribution in [3.8, 4) is 0 Å². The Morgan fingerprint density at radius 2 is 1.79 bits per heavy atom. The summed E-state index contributed by atoms with van der Waals surface area (Å²) in [5.41, 5.74) is 0. The maximum absolute atomic E-state index is 14.2. The van der Waals surface area contributed by atoms with Crippen LogP contribution in [0.1, 0.15) is 84.5 Å². The van der Waals surface area contributed by atoms with E-state index in [1.54, 1.807) is 6.08 Å². The summed E-state index contributed by atoms with van der Waals surface area (Å²) in [6, 6.07) is -2.96. The normalized spacial score (nSPS) is 29.1. The van der Waals surface area contributed by atoms with Crippen LogP contribution in [0.15, 0.2) is 12.7 Å². The van der Waals surface area contributed by atoms with E-state index in [4.69, 9.17) is 27.9 Å². The fourth-order valence-corrected chi connectivity index (χ4v) is 7.91. The van der Waals surface area contributed by atoms with Crippen molar-refractivity contribution in [1.29, 1.82) is 0 Å². The minimum absolute atomic E-state index is 0.0950. The second kappa shape index (κ2) is 14.6. The van der Waals surface area contributed by atoms with Crippen molar-refractivity contribution in [3.63, 3.8) is 0 Å². The number of nitrogens with one attached hydrogen (secondary N) is 3. The number of carbonyl (C=O) groups excluding carboxylic acids is 5. The van der Waals surface area contributed by atoms with Gasteiger partial charge in [0.15, 0.2) is 0 Å². The number of alkyl carbamates (subject to hydrolysis) is 1. The number of carbonyl (C=O) groups is 5. The van der Waals surface area contributed by atoms with Gasteiger partial charge in [0.05, 0.1) is 6.04 Å². The molecule has 3 N–H and O–H groups in total. The van der Waals surface area contributed by atoms with Gasteiger partial charge in [0.1, 0.15) is 22.5 Å². The molecule has 12 heteroatoms. The van der Waals surface area contributed by atoms with Crippen molar-refractivity contribution in [2.75, 3.05) is 13.1 Å². The summed E-state index contributed by atoms with van der Waals surface area (Å²) in [6.07, 6.45) is 9.23. The Hall–Kier alpha value is -2.33. The van der Waals surface area contributed by atoms with Gasteiger partial charge in [-0.1, -0.05) is 45.6 Å². The lowest BCUT2D eigenvalue weighted by Gasteiger charge is -2.36. The van der Waals surface area contributed by atoms with E-state index in [1.165, 1.54) is 4.90 Å². The first kappa shape index (κ1) is 33.6. The molecule has 43 heavy (non-hydrogen) atoms. The summed E-state index contributed by atoms with van der Waals surface area (Å²) in [5, 5.41) is 8.15. The molecule has 1 aliphatic heterocycles. The summed E-state index contributed by atoms with van der Waals surface area (Å²) < 4.78 is 4.51. The van der Waals surface area contributed by atoms with Gasteiger partial charge < -0.3 is 25.6 Å². The van der Waals surface area contributed by atoms with E-state index in [9.17, 15) is 24.0 Å². The predicted octanol–water partition coefficient (Wildman–Crippen LogP) is 4.03. The van der Waals surface area contributed by atoms with Crippen LogP contribution in [0.2, 0.25) is 0 Å². The van der Waals surface area contributed by atoms with Gasteiger partial charge in [0, 0.05) is 24.9 Å². The molecule has 4 fully saturated rings. The highest BCUT2D eigenvalue weighted by atomic mass is 35.5. The first-order valence-electron chi connectivity index (χ1n) is 15.9. The molecule has 1 saturated heterocycles. The molecule has 240 valence electrons. The number of fused-ring (bicyclic) bond motifs is 1. The fraction of sp³-hybridized carbons (Fsp3) is 0.774. The molecule has 4 amide bonds. The number of hydrogen-bond donors (Lipinski definition) is 3. The minimum atomic E-state index is -1.18. The molecule has 3 aliphatic carbocycles. The molecule has 7 atom stereocenters. The first-order chi connectivity index (χ1) is 20.5. The quantitative estimate of drug-likeness (QED) is 0.120. The lowest BCUT2D eigenvalue weighted by Crippen LogP contribution is -2.59. The van der Waals surface area contributed by atoms with Gasteiger partial charge in [-0.2, -0.15) is 0 Å². The van der Waals surface area contributed by atoms with Gasteiger partial charge in [-0.25, -0.2) is 4.79 Å². The van der Waals surface area contributed by atoms with E-state index >= 15 is 0 Å². The molecule has 10 nitrogen and oxygen atoms in total. The minimum Gasteiger partial charge on any atom is -0.446 e. The van der Waals surface area contributed by atoms with Gasteiger partial charge in [-0.05, 0) is 56.8 Å². The fourth-order valence-electron chi connectivity index (χ4n) is 7.08. The van der Waals surface area contributed by atoms with Crippen LogP contribution < -0.4 is 16.0 Å². The van der Waals surface area contributed by atoms with E-state index in [0.717, 1.165) is 51.4 Å². The molecule has 3 saturated carbocycles. The van der Waals surface area contributed by atoms with Gasteiger partial charge in [-0.15, -0.1) is 29.8 Å². The van der Waals surface area contributed by atoms with Crippen molar-refractivity contribution >= 4 is 52.8 Å². The number of Topliss-reactive ketones (excluding diaryl/α,β-unsaturated/α-hetero) is 1. The highest BCUT2D eigenvalue weighted by molar-refractivity contribution is 6.51. The smallest absolute Gasteiger partial charge is 0.408 e. The van der Waals surface area contributed by atoms with Crippen LogP contribution in [0, 0.1) is 23.7 Å². The molecule has 4 aliphatic rings. The summed E-state index contributed by atoms with van der Waals surface area (Å²) >= 11 is 13.1. The Morgan fingerprint density at radius 3 is 2.42 bits per heavy atom. The molecule has 0 aromatic heterocycles. The van der Waals surface area contributed by atoms with Crippen LogP contribution in [0.4, 0.5) is 4.79 Å². The number of hydrogen-bond acceptors (Lipinski definition) is 6. The topological polar surface area (TPSA) is 134 Å². The Bertz CT molecular complexity index is 1080. The van der Waals surface area contributed by atoms with E-state index < -0.39 is 52.1 Å². The number of nitrogens with zero attached hydrogens (tertiary/aromatic N) is 1. The number of amides is 4. The SMILES string of the molecule is C=CCCNC(=O)C(=O)C(CCC)NC(=O)[C@@H]1[C@@H]2[C@H](CN1C(=O)C(NC(=O)OC1CCC(C)C1)C1CCCCC1)C2(Cl)Cl. The summed E-state index contributed by atoms with van der Waals surface area (Å²) in [4.78, 5) is 67.9. The van der Waals surface area contributed by atoms with Crippen molar-refractivity contribution in [2.24, 2.45) is 23.7 Å². The van der Waals surface area contributed by atoms with E-state index in [-0.39, 0.29) is 43.4 Å². The molecule has 4 rings (SSSR count). The third-order valence-corrected chi connectivity index (χ3v) is 10.6. The van der Waals surface area contributed by atoms with Gasteiger partial charge in [0.25, 0.3) is 5.91 Å². The van der Waals surface area contributed by atoms with Crippen molar-refractivity contribution < 1.29 is 28.7 Å². The van der Waals surface area contributed by atoms with Crippen LogP contribution >= 0.6 is 23.2 Å². The number of rotatable bonds is 13. The molecule has 0 radical (unpaired) electrons. The number of ether oxygens (including phenoxy) is 1. The molecule has 0 spiro atoms. The lowest BCUT2D eigenvalue weighted by atomic mass is 9.83.